The Labute approximate surface area is 122 Å². The Morgan fingerprint density at radius 1 is 1.05 bits per heavy atom. The Bertz CT molecular complexity index is 748. The van der Waals surface area contributed by atoms with Crippen LogP contribution in [0.3, 0.4) is 0 Å². The van der Waals surface area contributed by atoms with Gasteiger partial charge in [0, 0.05) is 23.8 Å². The molecule has 2 aromatic carbocycles. The Hall–Kier alpha value is -3.08. The minimum absolute atomic E-state index is 0.222. The van der Waals surface area contributed by atoms with Crippen LogP contribution in [0, 0.1) is 0 Å². The number of nitrogen functional groups attached to an aromatic ring is 1. The van der Waals surface area contributed by atoms with Crippen molar-refractivity contribution in [3.8, 4) is 5.69 Å². The van der Waals surface area contributed by atoms with Gasteiger partial charge in [-0.3, -0.25) is 4.79 Å². The van der Waals surface area contributed by atoms with E-state index in [0.29, 0.717) is 16.9 Å². The molecule has 0 saturated carbocycles. The fourth-order valence-electron chi connectivity index (χ4n) is 2.02. The van der Waals surface area contributed by atoms with E-state index in [2.05, 4.69) is 10.4 Å². The van der Waals surface area contributed by atoms with Gasteiger partial charge < -0.3 is 11.1 Å². The predicted octanol–water partition coefficient (Wildman–Crippen LogP) is 2.71. The third kappa shape index (κ3) is 2.76. The average molecular weight is 278 g/mol. The van der Waals surface area contributed by atoms with E-state index in [1.807, 2.05) is 36.5 Å². The number of aromatic nitrogens is 2. The molecule has 5 heteroatoms. The van der Waals surface area contributed by atoms with E-state index < -0.39 is 0 Å². The van der Waals surface area contributed by atoms with E-state index in [1.54, 1.807) is 35.1 Å². The Morgan fingerprint density at radius 3 is 2.48 bits per heavy atom. The quantitative estimate of drug-likeness (QED) is 0.723. The molecule has 0 bridgehead atoms. The molecule has 1 heterocycles. The molecule has 0 saturated heterocycles. The molecule has 104 valence electrons. The molecule has 0 fully saturated rings. The zero-order valence-electron chi connectivity index (χ0n) is 11.2. The summed E-state index contributed by atoms with van der Waals surface area (Å²) in [6.45, 7) is 0. The summed E-state index contributed by atoms with van der Waals surface area (Å²) in [7, 11) is 0. The molecule has 0 aliphatic rings. The molecule has 0 radical (unpaired) electrons. The molecule has 5 nitrogen and oxygen atoms in total. The molecule has 3 N–H and O–H groups in total. The van der Waals surface area contributed by atoms with Gasteiger partial charge in [-0.2, -0.15) is 5.10 Å². The minimum Gasteiger partial charge on any atom is -0.398 e. The Kier molecular flexibility index (Phi) is 3.39. The summed E-state index contributed by atoms with van der Waals surface area (Å²) in [4.78, 5) is 12.1. The lowest BCUT2D eigenvalue weighted by atomic mass is 10.1. The fourth-order valence-corrected chi connectivity index (χ4v) is 2.02. The topological polar surface area (TPSA) is 72.9 Å². The molecule has 1 amide bonds. The van der Waals surface area contributed by atoms with Crippen LogP contribution in [0.2, 0.25) is 0 Å². The van der Waals surface area contributed by atoms with E-state index >= 15 is 0 Å². The number of nitrogens with zero attached hydrogens (tertiary/aromatic N) is 2. The first kappa shape index (κ1) is 12.9. The smallest absolute Gasteiger partial charge is 0.257 e. The van der Waals surface area contributed by atoms with Crippen LogP contribution < -0.4 is 11.1 Å². The molecule has 0 spiro atoms. The normalized spacial score (nSPS) is 10.3. The van der Waals surface area contributed by atoms with Crippen molar-refractivity contribution in [1.29, 1.82) is 0 Å². The number of amides is 1. The van der Waals surface area contributed by atoms with Gasteiger partial charge in [0.15, 0.2) is 0 Å². The van der Waals surface area contributed by atoms with Crippen LogP contribution in [-0.4, -0.2) is 15.7 Å². The van der Waals surface area contributed by atoms with E-state index in [1.165, 1.54) is 0 Å². The van der Waals surface area contributed by atoms with Gasteiger partial charge in [0.25, 0.3) is 5.91 Å². The van der Waals surface area contributed by atoms with E-state index in [9.17, 15) is 4.79 Å². The molecular weight excluding hydrogens is 264 g/mol. The average Bonchev–Trinajstić information content (AvgIpc) is 3.02. The van der Waals surface area contributed by atoms with E-state index in [-0.39, 0.29) is 5.91 Å². The Morgan fingerprint density at radius 2 is 1.81 bits per heavy atom. The highest BCUT2D eigenvalue weighted by atomic mass is 16.1. The van der Waals surface area contributed by atoms with Gasteiger partial charge in [-0.1, -0.05) is 12.1 Å². The zero-order chi connectivity index (χ0) is 14.7. The van der Waals surface area contributed by atoms with Crippen molar-refractivity contribution in [3.05, 3.63) is 72.6 Å². The largest absolute Gasteiger partial charge is 0.398 e. The monoisotopic (exact) mass is 278 g/mol. The third-order valence-electron chi connectivity index (χ3n) is 3.10. The molecule has 21 heavy (non-hydrogen) atoms. The number of carbonyl (C=O) groups is 1. The molecule has 0 atom stereocenters. The highest BCUT2D eigenvalue weighted by Gasteiger charge is 2.09. The van der Waals surface area contributed by atoms with Crippen molar-refractivity contribution < 1.29 is 4.79 Å². The van der Waals surface area contributed by atoms with Crippen molar-refractivity contribution in [2.45, 2.75) is 0 Å². The van der Waals surface area contributed by atoms with Gasteiger partial charge in [0.2, 0.25) is 0 Å². The summed E-state index contributed by atoms with van der Waals surface area (Å²) in [5, 5.41) is 6.97. The predicted molar refractivity (Wildman–Crippen MR) is 82.4 cm³/mol. The van der Waals surface area contributed by atoms with Crippen molar-refractivity contribution in [1.82, 2.24) is 9.78 Å². The summed E-state index contributed by atoms with van der Waals surface area (Å²) >= 11 is 0. The first-order chi connectivity index (χ1) is 10.2. The first-order valence-corrected chi connectivity index (χ1v) is 6.50. The fraction of sp³-hybridized carbons (Fsp3) is 0. The lowest BCUT2D eigenvalue weighted by Crippen LogP contribution is -2.13. The van der Waals surface area contributed by atoms with Crippen LogP contribution in [0.1, 0.15) is 10.4 Å². The first-order valence-electron chi connectivity index (χ1n) is 6.50. The number of hydrogen-bond donors (Lipinski definition) is 2. The maximum Gasteiger partial charge on any atom is 0.257 e. The number of nitrogens with two attached hydrogens (primary N) is 1. The van der Waals surface area contributed by atoms with Crippen LogP contribution in [0.15, 0.2) is 67.0 Å². The van der Waals surface area contributed by atoms with Crippen molar-refractivity contribution >= 4 is 17.3 Å². The van der Waals surface area contributed by atoms with Gasteiger partial charge in [-0.05, 0) is 42.5 Å². The van der Waals surface area contributed by atoms with Gasteiger partial charge in [0.1, 0.15) is 0 Å². The molecule has 3 rings (SSSR count). The lowest BCUT2D eigenvalue weighted by molar-refractivity contribution is 0.102. The number of nitrogens with one attached hydrogen (secondary N) is 1. The van der Waals surface area contributed by atoms with Crippen molar-refractivity contribution in [3.63, 3.8) is 0 Å². The van der Waals surface area contributed by atoms with Crippen molar-refractivity contribution in [2.75, 3.05) is 11.1 Å². The van der Waals surface area contributed by atoms with E-state index in [0.717, 1.165) is 5.69 Å². The van der Waals surface area contributed by atoms with Crippen LogP contribution in [-0.2, 0) is 0 Å². The zero-order valence-corrected chi connectivity index (χ0v) is 11.2. The third-order valence-corrected chi connectivity index (χ3v) is 3.10. The summed E-state index contributed by atoms with van der Waals surface area (Å²) in [6, 6.07) is 16.3. The second-order valence-electron chi connectivity index (χ2n) is 4.54. The second-order valence-corrected chi connectivity index (χ2v) is 4.54. The van der Waals surface area contributed by atoms with Gasteiger partial charge in [-0.15, -0.1) is 0 Å². The summed E-state index contributed by atoms with van der Waals surface area (Å²) in [6.07, 6.45) is 3.58. The van der Waals surface area contributed by atoms with Gasteiger partial charge in [-0.25, -0.2) is 4.68 Å². The summed E-state index contributed by atoms with van der Waals surface area (Å²) in [5.74, 6) is -0.222. The number of carbonyl (C=O) groups excluding carboxylic acids is 1. The van der Waals surface area contributed by atoms with Crippen LogP contribution >= 0.6 is 0 Å². The molecule has 0 aliphatic carbocycles. The molecule has 0 aliphatic heterocycles. The number of hydrogen-bond acceptors (Lipinski definition) is 3. The maximum absolute atomic E-state index is 12.1. The van der Waals surface area contributed by atoms with Crippen LogP contribution in [0.25, 0.3) is 5.69 Å². The summed E-state index contributed by atoms with van der Waals surface area (Å²) < 4.78 is 1.75. The number of para-hydroxylation sites is 1. The second kappa shape index (κ2) is 5.50. The van der Waals surface area contributed by atoms with Crippen LogP contribution in [0.5, 0.6) is 0 Å². The standard InChI is InChI=1S/C16H14N4O/c17-15-5-2-1-4-14(15)16(21)19-12-6-8-13(9-7-12)20-11-3-10-18-20/h1-11H,17H2,(H,19,21). The van der Waals surface area contributed by atoms with Gasteiger partial charge >= 0.3 is 0 Å². The number of anilines is 2. The molecule has 3 aromatic rings. The van der Waals surface area contributed by atoms with Crippen LogP contribution in [0.4, 0.5) is 11.4 Å². The number of rotatable bonds is 3. The highest BCUT2D eigenvalue weighted by molar-refractivity contribution is 6.07. The van der Waals surface area contributed by atoms with Crippen molar-refractivity contribution in [2.24, 2.45) is 0 Å². The molecule has 0 unspecified atom stereocenters. The Balaban J connectivity index is 1.77. The number of benzene rings is 2. The maximum atomic E-state index is 12.1. The van der Waals surface area contributed by atoms with Gasteiger partial charge in [0.05, 0.1) is 11.3 Å². The molecule has 1 aromatic heterocycles. The SMILES string of the molecule is Nc1ccccc1C(=O)Nc1ccc(-n2cccn2)cc1. The lowest BCUT2D eigenvalue weighted by Gasteiger charge is -2.08. The molecular formula is C16H14N4O. The highest BCUT2D eigenvalue weighted by Crippen LogP contribution is 2.16. The minimum atomic E-state index is -0.222. The summed E-state index contributed by atoms with van der Waals surface area (Å²) in [5.41, 5.74) is 8.35. The van der Waals surface area contributed by atoms with E-state index in [4.69, 9.17) is 5.73 Å².